The second-order valence-electron chi connectivity index (χ2n) is 17.9. The quantitative estimate of drug-likeness (QED) is 0.179. The van der Waals surface area contributed by atoms with Gasteiger partial charge in [0.2, 0.25) is 11.8 Å². The van der Waals surface area contributed by atoms with Crippen LogP contribution in [-0.4, -0.2) is 106 Å². The van der Waals surface area contributed by atoms with Gasteiger partial charge in [0.15, 0.2) is 0 Å². The highest BCUT2D eigenvalue weighted by atomic mass is 16.5. The van der Waals surface area contributed by atoms with E-state index in [0.717, 1.165) is 115 Å². The first-order valence-electron chi connectivity index (χ1n) is 21.4. The number of H-pyrrole nitrogens is 1. The molecule has 7 heterocycles. The standard InChI is InChI=1S/C45H52N8O5/c1-45(15-16-45)58-33-5-7-37-36(24-33)41(49-48-37)31-10-17-46-39(22-31)52-26-30(27-52)3-2-28-11-18-50(19-12-28)25-29-13-20-51(21-14-29)32-4-6-34-35(23-32)44(57)53(43(34)56)38-8-9-40(54)47-42(38)55/h4-7,10,17,22-24,28-30,38H,2-3,8-9,11-16,18-21,25-27H2,1H3,(H,48,49)(H,47,54,55). The molecule has 0 bridgehead atoms. The summed E-state index contributed by atoms with van der Waals surface area (Å²) >= 11 is 0. The lowest BCUT2D eigenvalue weighted by Gasteiger charge is -2.42. The minimum Gasteiger partial charge on any atom is -0.488 e. The zero-order chi connectivity index (χ0) is 39.5. The molecule has 1 unspecified atom stereocenters. The van der Waals surface area contributed by atoms with Crippen LogP contribution in [0.25, 0.3) is 22.2 Å². The van der Waals surface area contributed by atoms with Gasteiger partial charge in [0.25, 0.3) is 11.8 Å². The van der Waals surface area contributed by atoms with E-state index < -0.39 is 23.8 Å². The third kappa shape index (κ3) is 7.22. The molecule has 4 saturated heterocycles. The number of pyridine rings is 1. The highest BCUT2D eigenvalue weighted by molar-refractivity contribution is 6.23. The molecule has 6 aliphatic rings. The van der Waals surface area contributed by atoms with Crippen molar-refractivity contribution in [1.82, 2.24) is 30.3 Å². The van der Waals surface area contributed by atoms with Gasteiger partial charge in [0.05, 0.1) is 16.6 Å². The highest BCUT2D eigenvalue weighted by Crippen LogP contribution is 2.41. The summed E-state index contributed by atoms with van der Waals surface area (Å²) in [5.74, 6) is 2.23. The average Bonchev–Trinajstić information content (AvgIpc) is 3.70. The summed E-state index contributed by atoms with van der Waals surface area (Å²) < 4.78 is 6.24. The number of aromatic amines is 1. The molecule has 4 aromatic rings. The van der Waals surface area contributed by atoms with E-state index >= 15 is 0 Å². The van der Waals surface area contributed by atoms with Crippen LogP contribution in [0.15, 0.2) is 54.7 Å². The van der Waals surface area contributed by atoms with E-state index in [1.54, 1.807) is 6.07 Å². The Kier molecular flexibility index (Phi) is 9.45. The van der Waals surface area contributed by atoms with Crippen LogP contribution < -0.4 is 19.9 Å². The molecule has 13 heteroatoms. The van der Waals surface area contributed by atoms with Crippen LogP contribution in [0.5, 0.6) is 5.75 Å². The fraction of sp³-hybridized carbons (Fsp3) is 0.511. The number of piperidine rings is 3. The second-order valence-corrected chi connectivity index (χ2v) is 17.9. The number of nitrogens with one attached hydrogen (secondary N) is 2. The van der Waals surface area contributed by atoms with Crippen LogP contribution in [0, 0.1) is 17.8 Å². The molecule has 0 spiro atoms. The van der Waals surface area contributed by atoms with E-state index in [2.05, 4.69) is 55.3 Å². The van der Waals surface area contributed by atoms with E-state index in [9.17, 15) is 19.2 Å². The first-order chi connectivity index (χ1) is 28.2. The highest BCUT2D eigenvalue weighted by Gasteiger charge is 2.45. The van der Waals surface area contributed by atoms with E-state index in [1.165, 1.54) is 38.8 Å². The van der Waals surface area contributed by atoms with Gasteiger partial charge < -0.3 is 19.4 Å². The molecule has 10 rings (SSSR count). The number of benzene rings is 2. The van der Waals surface area contributed by atoms with E-state index in [1.807, 2.05) is 30.5 Å². The Morgan fingerprint density at radius 2 is 1.55 bits per heavy atom. The number of hydrogen-bond donors (Lipinski definition) is 2. The molecule has 58 heavy (non-hydrogen) atoms. The first-order valence-corrected chi connectivity index (χ1v) is 21.4. The molecule has 1 saturated carbocycles. The van der Waals surface area contributed by atoms with Crippen molar-refractivity contribution < 1.29 is 23.9 Å². The average molecular weight is 785 g/mol. The Morgan fingerprint density at radius 3 is 2.33 bits per heavy atom. The largest absolute Gasteiger partial charge is 0.488 e. The number of amides is 4. The molecule has 5 fully saturated rings. The van der Waals surface area contributed by atoms with Gasteiger partial charge >= 0.3 is 0 Å². The number of carbonyl (C=O) groups excluding carboxylic acids is 4. The van der Waals surface area contributed by atoms with Gasteiger partial charge in [0.1, 0.15) is 28.9 Å². The summed E-state index contributed by atoms with van der Waals surface area (Å²) in [6.45, 7) is 9.61. The number of ether oxygens (including phenoxy) is 1. The molecule has 13 nitrogen and oxygen atoms in total. The Morgan fingerprint density at radius 1 is 0.793 bits per heavy atom. The summed E-state index contributed by atoms with van der Waals surface area (Å²) in [7, 11) is 0. The minimum absolute atomic E-state index is 0.0215. The van der Waals surface area contributed by atoms with E-state index in [4.69, 9.17) is 9.72 Å². The summed E-state index contributed by atoms with van der Waals surface area (Å²) in [5, 5.41) is 11.2. The Bertz CT molecular complexity index is 2260. The van der Waals surface area contributed by atoms with Crippen molar-refractivity contribution in [3.63, 3.8) is 0 Å². The number of imide groups is 2. The maximum atomic E-state index is 13.3. The molecule has 2 N–H and O–H groups in total. The van der Waals surface area contributed by atoms with Crippen molar-refractivity contribution in [2.75, 3.05) is 55.6 Å². The third-order valence-electron chi connectivity index (χ3n) is 13.8. The fourth-order valence-corrected chi connectivity index (χ4v) is 9.84. The van der Waals surface area contributed by atoms with Gasteiger partial charge in [-0.25, -0.2) is 4.98 Å². The molecule has 2 aromatic carbocycles. The zero-order valence-electron chi connectivity index (χ0n) is 33.3. The Labute approximate surface area is 338 Å². The molecule has 0 radical (unpaired) electrons. The van der Waals surface area contributed by atoms with Crippen LogP contribution in [0.4, 0.5) is 11.5 Å². The van der Waals surface area contributed by atoms with Crippen LogP contribution in [0.2, 0.25) is 0 Å². The number of likely N-dealkylation sites (tertiary alicyclic amines) is 1. The van der Waals surface area contributed by atoms with Crippen molar-refractivity contribution in [2.45, 2.75) is 82.8 Å². The van der Waals surface area contributed by atoms with Gasteiger partial charge in [-0.05, 0) is 144 Å². The van der Waals surface area contributed by atoms with Crippen LogP contribution in [-0.2, 0) is 9.59 Å². The number of aromatic nitrogens is 3. The molecular weight excluding hydrogens is 733 g/mol. The van der Waals surface area contributed by atoms with Crippen molar-refractivity contribution in [2.24, 2.45) is 17.8 Å². The van der Waals surface area contributed by atoms with Crippen LogP contribution >= 0.6 is 0 Å². The predicted molar refractivity (Wildman–Crippen MR) is 220 cm³/mol. The van der Waals surface area contributed by atoms with Gasteiger partial charge in [-0.15, -0.1) is 0 Å². The van der Waals surface area contributed by atoms with Crippen LogP contribution in [0.1, 0.15) is 91.8 Å². The summed E-state index contributed by atoms with van der Waals surface area (Å²) in [5.41, 5.74) is 4.61. The number of carbonyl (C=O) groups is 4. The number of rotatable bonds is 11. The second kappa shape index (κ2) is 14.8. The van der Waals surface area contributed by atoms with Gasteiger partial charge in [-0.1, -0.05) is 0 Å². The zero-order valence-corrected chi connectivity index (χ0v) is 33.3. The summed E-state index contributed by atoms with van der Waals surface area (Å²) in [4.78, 5) is 63.7. The van der Waals surface area contributed by atoms with E-state index in [-0.39, 0.29) is 24.3 Å². The van der Waals surface area contributed by atoms with Crippen molar-refractivity contribution in [3.8, 4) is 17.0 Å². The summed E-state index contributed by atoms with van der Waals surface area (Å²) in [6, 6.07) is 14.9. The minimum atomic E-state index is -0.947. The third-order valence-corrected chi connectivity index (χ3v) is 13.8. The Hall–Kier alpha value is -5.30. The molecular formula is C45H52N8O5. The monoisotopic (exact) mass is 784 g/mol. The van der Waals surface area contributed by atoms with Crippen LogP contribution in [0.3, 0.4) is 0 Å². The van der Waals surface area contributed by atoms with Gasteiger partial charge in [-0.2, -0.15) is 5.10 Å². The van der Waals surface area contributed by atoms with Crippen molar-refractivity contribution >= 4 is 46.0 Å². The smallest absolute Gasteiger partial charge is 0.262 e. The molecule has 5 aliphatic heterocycles. The summed E-state index contributed by atoms with van der Waals surface area (Å²) in [6.07, 6.45) is 11.7. The lowest BCUT2D eigenvalue weighted by molar-refractivity contribution is -0.136. The number of nitrogens with zero attached hydrogens (tertiary/aromatic N) is 6. The molecule has 2 aromatic heterocycles. The number of anilines is 2. The number of fused-ring (bicyclic) bond motifs is 2. The van der Waals surface area contributed by atoms with Crippen molar-refractivity contribution in [1.29, 1.82) is 0 Å². The lowest BCUT2D eigenvalue weighted by Crippen LogP contribution is -2.54. The molecule has 302 valence electrons. The maximum absolute atomic E-state index is 13.3. The lowest BCUT2D eigenvalue weighted by atomic mass is 9.85. The maximum Gasteiger partial charge on any atom is 0.262 e. The Balaban J connectivity index is 0.653. The first kappa shape index (κ1) is 37.0. The van der Waals surface area contributed by atoms with Gasteiger partial charge in [0, 0.05) is 62.0 Å². The van der Waals surface area contributed by atoms with E-state index in [0.29, 0.717) is 17.0 Å². The van der Waals surface area contributed by atoms with Gasteiger partial charge in [-0.3, -0.25) is 34.5 Å². The van der Waals surface area contributed by atoms with Crippen molar-refractivity contribution in [3.05, 3.63) is 65.9 Å². The topological polar surface area (TPSA) is 144 Å². The molecule has 1 atom stereocenters. The number of hydrogen-bond acceptors (Lipinski definition) is 10. The normalized spacial score (nSPS) is 23.1. The molecule has 1 aliphatic carbocycles. The molecule has 4 amide bonds. The SMILES string of the molecule is CC1(Oc2ccc3[nH]nc(-c4ccnc(N5CC(CCC6CCN(CC7CCN(c8ccc9c(c8)C(=O)N(C8CCC(=O)NC8=O)C9=O)CC7)CC6)C5)c4)c3c2)CC1. The fourth-order valence-electron chi connectivity index (χ4n) is 9.84. The predicted octanol–water partition coefficient (Wildman–Crippen LogP) is 5.80.